The third kappa shape index (κ3) is 3.76. The average molecular weight is 331 g/mol. The molecule has 128 valence electrons. The topological polar surface area (TPSA) is 94.2 Å². The van der Waals surface area contributed by atoms with Crippen LogP contribution >= 0.6 is 0 Å². The number of ether oxygens (including phenoxy) is 1. The summed E-state index contributed by atoms with van der Waals surface area (Å²) in [6, 6.07) is 0.0350. The molecule has 24 heavy (non-hydrogen) atoms. The summed E-state index contributed by atoms with van der Waals surface area (Å²) < 4.78 is 10.2. The fourth-order valence-corrected chi connectivity index (χ4v) is 2.86. The van der Waals surface area contributed by atoms with Crippen LogP contribution in [0.3, 0.4) is 0 Å². The van der Waals surface area contributed by atoms with E-state index in [1.165, 1.54) is 0 Å². The van der Waals surface area contributed by atoms with Gasteiger partial charge in [0.2, 0.25) is 5.91 Å². The number of nitrogens with zero attached hydrogens (tertiary/aromatic N) is 5. The highest BCUT2D eigenvalue weighted by Crippen LogP contribution is 2.16. The first-order valence-electron chi connectivity index (χ1n) is 8.07. The Hall–Kier alpha value is -2.35. The Morgan fingerprint density at radius 3 is 2.79 bits per heavy atom. The van der Waals surface area contributed by atoms with Crippen molar-refractivity contribution in [3.63, 3.8) is 0 Å². The van der Waals surface area contributed by atoms with Crippen LogP contribution in [-0.4, -0.2) is 56.9 Å². The lowest BCUT2D eigenvalue weighted by Gasteiger charge is -2.35. The maximum absolute atomic E-state index is 12.6. The lowest BCUT2D eigenvalue weighted by Crippen LogP contribution is -2.49. The van der Waals surface area contributed by atoms with Crippen LogP contribution in [0.15, 0.2) is 17.0 Å². The molecule has 2 aromatic rings. The molecular formula is C16H21N5O3. The van der Waals surface area contributed by atoms with E-state index in [1.807, 2.05) is 11.8 Å². The Kier molecular flexibility index (Phi) is 5.14. The van der Waals surface area contributed by atoms with Gasteiger partial charge in [-0.25, -0.2) is 4.63 Å². The largest absolute Gasteiger partial charge is 0.377 e. The summed E-state index contributed by atoms with van der Waals surface area (Å²) in [7, 11) is 0. The van der Waals surface area contributed by atoms with E-state index in [0.717, 1.165) is 24.2 Å². The Morgan fingerprint density at radius 1 is 1.21 bits per heavy atom. The van der Waals surface area contributed by atoms with E-state index >= 15 is 0 Å². The normalized spacial score (nSPS) is 17.9. The molecule has 1 saturated heterocycles. The number of carbonyl (C=O) groups is 1. The number of aryl methyl sites for hydroxylation is 3. The molecule has 2 aromatic heterocycles. The maximum Gasteiger partial charge on any atom is 0.229 e. The average Bonchev–Trinajstić information content (AvgIpc) is 2.99. The summed E-state index contributed by atoms with van der Waals surface area (Å²) in [5.74, 6) is 0.0259. The van der Waals surface area contributed by atoms with Gasteiger partial charge in [0.05, 0.1) is 37.1 Å². The van der Waals surface area contributed by atoms with Gasteiger partial charge in [-0.05, 0) is 26.7 Å². The van der Waals surface area contributed by atoms with E-state index in [0.29, 0.717) is 31.1 Å². The third-order valence-corrected chi connectivity index (χ3v) is 4.31. The molecule has 0 aromatic carbocycles. The van der Waals surface area contributed by atoms with Gasteiger partial charge in [0, 0.05) is 18.9 Å². The van der Waals surface area contributed by atoms with Gasteiger partial charge in [0.15, 0.2) is 0 Å². The van der Waals surface area contributed by atoms with Crippen molar-refractivity contribution >= 4 is 5.91 Å². The molecule has 0 saturated carbocycles. The Morgan fingerprint density at radius 2 is 2.04 bits per heavy atom. The Bertz CT molecular complexity index is 703. The number of morpholine rings is 1. The summed E-state index contributed by atoms with van der Waals surface area (Å²) >= 11 is 0. The molecule has 8 heteroatoms. The molecule has 8 nitrogen and oxygen atoms in total. The minimum atomic E-state index is 0.0259. The van der Waals surface area contributed by atoms with Crippen LogP contribution in [0.1, 0.15) is 29.2 Å². The van der Waals surface area contributed by atoms with Crippen molar-refractivity contribution in [3.05, 3.63) is 35.2 Å². The fourth-order valence-electron chi connectivity index (χ4n) is 2.86. The number of hydrogen-bond donors (Lipinski definition) is 0. The van der Waals surface area contributed by atoms with E-state index in [1.54, 1.807) is 19.3 Å². The number of aromatic nitrogens is 4. The zero-order valence-corrected chi connectivity index (χ0v) is 13.9. The minimum Gasteiger partial charge on any atom is -0.377 e. The maximum atomic E-state index is 12.6. The first-order valence-corrected chi connectivity index (χ1v) is 8.07. The molecule has 1 amide bonds. The van der Waals surface area contributed by atoms with Crippen LogP contribution in [0, 0.1) is 13.8 Å². The third-order valence-electron chi connectivity index (χ3n) is 4.31. The highest BCUT2D eigenvalue weighted by Gasteiger charge is 2.28. The van der Waals surface area contributed by atoms with Crippen molar-refractivity contribution < 1.29 is 14.2 Å². The first-order chi connectivity index (χ1) is 11.6. The van der Waals surface area contributed by atoms with Gasteiger partial charge >= 0.3 is 0 Å². The molecule has 1 atom stereocenters. The fraction of sp³-hybridized carbons (Fsp3) is 0.562. The van der Waals surface area contributed by atoms with Crippen LogP contribution in [0.25, 0.3) is 0 Å². The molecule has 1 aliphatic heterocycles. The summed E-state index contributed by atoms with van der Waals surface area (Å²) in [6.45, 7) is 5.42. The van der Waals surface area contributed by atoms with E-state index in [2.05, 4.69) is 24.9 Å². The summed E-state index contributed by atoms with van der Waals surface area (Å²) in [5, 5.41) is 7.52. The van der Waals surface area contributed by atoms with Crippen molar-refractivity contribution in [2.24, 2.45) is 0 Å². The summed E-state index contributed by atoms with van der Waals surface area (Å²) in [4.78, 5) is 23.1. The van der Waals surface area contributed by atoms with Crippen molar-refractivity contribution in [1.29, 1.82) is 0 Å². The van der Waals surface area contributed by atoms with Crippen molar-refractivity contribution in [2.75, 3.05) is 19.8 Å². The second-order valence-corrected chi connectivity index (χ2v) is 5.92. The van der Waals surface area contributed by atoms with Crippen LogP contribution in [-0.2, 0) is 22.4 Å². The van der Waals surface area contributed by atoms with E-state index in [9.17, 15) is 4.79 Å². The standard InChI is InChI=1S/C16H21N5O3/c1-11-14(18-6-5-17-11)4-3-13-10-23-8-7-21(13)16(22)9-15-12(2)19-24-20-15/h5-6,13H,3-4,7-10H2,1-2H3/t13-/m1/s1. The smallest absolute Gasteiger partial charge is 0.229 e. The van der Waals surface area contributed by atoms with Gasteiger partial charge in [-0.2, -0.15) is 0 Å². The number of hydrogen-bond acceptors (Lipinski definition) is 7. The summed E-state index contributed by atoms with van der Waals surface area (Å²) in [6.07, 6.45) is 5.15. The number of rotatable bonds is 5. The molecule has 3 rings (SSSR count). The monoisotopic (exact) mass is 331 g/mol. The second-order valence-electron chi connectivity index (χ2n) is 5.92. The minimum absolute atomic E-state index is 0.0259. The van der Waals surface area contributed by atoms with E-state index in [-0.39, 0.29) is 18.4 Å². The molecule has 0 aliphatic carbocycles. The van der Waals surface area contributed by atoms with Crippen LogP contribution in [0.5, 0.6) is 0 Å². The van der Waals surface area contributed by atoms with Gasteiger partial charge < -0.3 is 9.64 Å². The molecule has 1 fully saturated rings. The number of amides is 1. The van der Waals surface area contributed by atoms with Gasteiger partial charge in [-0.15, -0.1) is 0 Å². The summed E-state index contributed by atoms with van der Waals surface area (Å²) in [5.41, 5.74) is 3.14. The highest BCUT2D eigenvalue weighted by atomic mass is 16.6. The van der Waals surface area contributed by atoms with Crippen LogP contribution < -0.4 is 0 Å². The highest BCUT2D eigenvalue weighted by molar-refractivity contribution is 5.79. The van der Waals surface area contributed by atoms with Crippen molar-refractivity contribution in [1.82, 2.24) is 25.2 Å². The lowest BCUT2D eigenvalue weighted by atomic mass is 10.1. The molecule has 1 aliphatic rings. The molecule has 0 spiro atoms. The van der Waals surface area contributed by atoms with Crippen LogP contribution in [0.2, 0.25) is 0 Å². The lowest BCUT2D eigenvalue weighted by molar-refractivity contribution is -0.139. The van der Waals surface area contributed by atoms with E-state index in [4.69, 9.17) is 4.74 Å². The van der Waals surface area contributed by atoms with Crippen molar-refractivity contribution in [2.45, 2.75) is 39.2 Å². The molecular weight excluding hydrogens is 310 g/mol. The van der Waals surface area contributed by atoms with Gasteiger partial charge in [-0.3, -0.25) is 14.8 Å². The van der Waals surface area contributed by atoms with Gasteiger partial charge in [0.25, 0.3) is 0 Å². The Labute approximate surface area is 140 Å². The molecule has 0 N–H and O–H groups in total. The Balaban J connectivity index is 1.63. The van der Waals surface area contributed by atoms with Gasteiger partial charge in [-0.1, -0.05) is 10.3 Å². The second kappa shape index (κ2) is 7.48. The zero-order valence-electron chi connectivity index (χ0n) is 13.9. The molecule has 0 bridgehead atoms. The molecule has 3 heterocycles. The predicted molar refractivity (Wildman–Crippen MR) is 84.1 cm³/mol. The van der Waals surface area contributed by atoms with E-state index < -0.39 is 0 Å². The number of carbonyl (C=O) groups excluding carboxylic acids is 1. The quantitative estimate of drug-likeness (QED) is 0.802. The molecule has 0 radical (unpaired) electrons. The molecule has 0 unspecified atom stereocenters. The van der Waals surface area contributed by atoms with Crippen LogP contribution in [0.4, 0.5) is 0 Å². The first kappa shape index (κ1) is 16.5. The SMILES string of the molecule is Cc1nccnc1CC[C@@H]1COCCN1C(=O)Cc1nonc1C. The predicted octanol–water partition coefficient (Wildman–Crippen LogP) is 0.879. The van der Waals surface area contributed by atoms with Crippen molar-refractivity contribution in [3.8, 4) is 0 Å². The van der Waals surface area contributed by atoms with Gasteiger partial charge in [0.1, 0.15) is 11.4 Å². The zero-order chi connectivity index (χ0) is 16.9.